The van der Waals surface area contributed by atoms with Crippen LogP contribution in [-0.2, 0) is 0 Å². The number of amides is 2. The van der Waals surface area contributed by atoms with Crippen LogP contribution in [0, 0.1) is 0 Å². The Kier molecular flexibility index (Phi) is 4.25. The van der Waals surface area contributed by atoms with E-state index in [0.29, 0.717) is 6.54 Å². The summed E-state index contributed by atoms with van der Waals surface area (Å²) in [7, 11) is 1.68. The summed E-state index contributed by atoms with van der Waals surface area (Å²) in [5.74, 6) is 0. The number of nitrogens with two attached hydrogens (primary N) is 1. The summed E-state index contributed by atoms with van der Waals surface area (Å²) >= 11 is 0. The zero-order valence-corrected chi connectivity index (χ0v) is 8.85. The molecule has 0 fully saturated rings. The Hall–Kier alpha value is -1.25. The van der Waals surface area contributed by atoms with E-state index in [0.717, 1.165) is 16.7 Å². The maximum absolute atomic E-state index is 10.7. The van der Waals surface area contributed by atoms with Crippen molar-refractivity contribution in [2.45, 2.75) is 20.8 Å². The first-order valence-corrected chi connectivity index (χ1v) is 4.19. The van der Waals surface area contributed by atoms with Crippen molar-refractivity contribution in [3.05, 3.63) is 23.3 Å². The number of hydrogen-bond acceptors (Lipinski definition) is 1. The van der Waals surface area contributed by atoms with Crippen LogP contribution >= 0.6 is 0 Å². The molecule has 0 unspecified atom stereocenters. The molecule has 0 saturated carbocycles. The van der Waals surface area contributed by atoms with Crippen molar-refractivity contribution in [3.63, 3.8) is 0 Å². The first kappa shape index (κ1) is 11.8. The van der Waals surface area contributed by atoms with Crippen molar-refractivity contribution in [1.29, 1.82) is 0 Å². The molecule has 0 aliphatic rings. The lowest BCUT2D eigenvalue weighted by atomic mass is 10.1. The molecule has 13 heavy (non-hydrogen) atoms. The van der Waals surface area contributed by atoms with E-state index in [-0.39, 0.29) is 0 Å². The van der Waals surface area contributed by atoms with Crippen molar-refractivity contribution in [2.24, 2.45) is 5.73 Å². The van der Waals surface area contributed by atoms with Crippen molar-refractivity contribution < 1.29 is 4.79 Å². The van der Waals surface area contributed by atoms with Crippen LogP contribution in [0.4, 0.5) is 4.79 Å². The highest BCUT2D eigenvalue weighted by Gasteiger charge is 2.05. The van der Waals surface area contributed by atoms with Crippen LogP contribution in [0.1, 0.15) is 20.8 Å². The van der Waals surface area contributed by atoms with Gasteiger partial charge in [0.05, 0.1) is 0 Å². The van der Waals surface area contributed by atoms with Gasteiger partial charge in [0.2, 0.25) is 0 Å². The molecule has 0 bridgehead atoms. The molecule has 0 aromatic rings. The summed E-state index contributed by atoms with van der Waals surface area (Å²) in [5, 5.41) is 0. The normalized spacial score (nSPS) is 12.0. The average molecular weight is 182 g/mol. The van der Waals surface area contributed by atoms with Crippen molar-refractivity contribution in [1.82, 2.24) is 4.90 Å². The molecule has 0 aliphatic heterocycles. The van der Waals surface area contributed by atoms with Gasteiger partial charge in [-0.05, 0) is 26.3 Å². The van der Waals surface area contributed by atoms with Crippen molar-refractivity contribution in [2.75, 3.05) is 13.6 Å². The van der Waals surface area contributed by atoms with E-state index in [4.69, 9.17) is 5.73 Å². The van der Waals surface area contributed by atoms with Crippen LogP contribution in [-0.4, -0.2) is 24.5 Å². The largest absolute Gasteiger partial charge is 0.351 e. The molecule has 0 aromatic carbocycles. The average Bonchev–Trinajstić information content (AvgIpc) is 2.02. The van der Waals surface area contributed by atoms with E-state index in [1.54, 1.807) is 7.05 Å². The summed E-state index contributed by atoms with van der Waals surface area (Å²) in [6, 6.07) is -0.408. The molecule has 0 spiro atoms. The highest BCUT2D eigenvalue weighted by molar-refractivity contribution is 5.71. The second kappa shape index (κ2) is 4.70. The number of rotatable bonds is 3. The lowest BCUT2D eigenvalue weighted by molar-refractivity contribution is 0.222. The molecular weight excluding hydrogens is 164 g/mol. The Morgan fingerprint density at radius 1 is 1.38 bits per heavy atom. The lowest BCUT2D eigenvalue weighted by Crippen LogP contribution is -2.33. The molecule has 0 rings (SSSR count). The SMILES string of the molecule is C=C(C)/C(C)=C(\C)CN(C)C(N)=O. The summed E-state index contributed by atoms with van der Waals surface area (Å²) in [5.41, 5.74) is 8.38. The predicted molar refractivity (Wildman–Crippen MR) is 55.4 cm³/mol. The standard InChI is InChI=1S/C10H18N2O/c1-7(2)9(4)8(3)6-12(5)10(11)13/h1,6H2,2-5H3,(H2,11,13)/b9-8+. The van der Waals surface area contributed by atoms with Crippen LogP contribution in [0.3, 0.4) is 0 Å². The fraction of sp³-hybridized carbons (Fsp3) is 0.500. The van der Waals surface area contributed by atoms with E-state index in [2.05, 4.69) is 6.58 Å². The molecule has 2 amide bonds. The second-order valence-corrected chi connectivity index (χ2v) is 3.38. The minimum absolute atomic E-state index is 0.408. The number of carbonyl (C=O) groups is 1. The topological polar surface area (TPSA) is 46.3 Å². The Balaban J connectivity index is 4.45. The molecule has 0 radical (unpaired) electrons. The first-order chi connectivity index (χ1) is 5.86. The molecule has 0 atom stereocenters. The van der Waals surface area contributed by atoms with Gasteiger partial charge in [-0.1, -0.05) is 17.7 Å². The third kappa shape index (κ3) is 3.78. The van der Waals surface area contributed by atoms with Crippen LogP contribution in [0.25, 0.3) is 0 Å². The van der Waals surface area contributed by atoms with Crippen molar-refractivity contribution >= 4 is 6.03 Å². The summed E-state index contributed by atoms with van der Waals surface area (Å²) in [6.07, 6.45) is 0. The van der Waals surface area contributed by atoms with E-state index in [1.807, 2.05) is 20.8 Å². The summed E-state index contributed by atoms with van der Waals surface area (Å²) in [4.78, 5) is 12.2. The molecule has 3 heteroatoms. The van der Waals surface area contributed by atoms with Gasteiger partial charge in [-0.15, -0.1) is 0 Å². The smallest absolute Gasteiger partial charge is 0.314 e. The van der Waals surface area contributed by atoms with Crippen LogP contribution in [0.2, 0.25) is 0 Å². The van der Waals surface area contributed by atoms with Gasteiger partial charge in [0.15, 0.2) is 0 Å². The van der Waals surface area contributed by atoms with Gasteiger partial charge in [0, 0.05) is 13.6 Å². The first-order valence-electron chi connectivity index (χ1n) is 4.19. The Morgan fingerprint density at radius 2 is 1.85 bits per heavy atom. The quantitative estimate of drug-likeness (QED) is 0.666. The minimum atomic E-state index is -0.408. The van der Waals surface area contributed by atoms with Gasteiger partial charge in [-0.2, -0.15) is 0 Å². The Morgan fingerprint density at radius 3 is 2.15 bits per heavy atom. The number of urea groups is 1. The highest BCUT2D eigenvalue weighted by atomic mass is 16.2. The third-order valence-electron chi connectivity index (χ3n) is 2.13. The van der Waals surface area contributed by atoms with Gasteiger partial charge < -0.3 is 10.6 Å². The van der Waals surface area contributed by atoms with Gasteiger partial charge in [0.1, 0.15) is 0 Å². The molecule has 74 valence electrons. The molecule has 2 N–H and O–H groups in total. The van der Waals surface area contributed by atoms with E-state index in [9.17, 15) is 4.79 Å². The summed E-state index contributed by atoms with van der Waals surface area (Å²) < 4.78 is 0. The zero-order valence-electron chi connectivity index (χ0n) is 8.85. The van der Waals surface area contributed by atoms with E-state index in [1.165, 1.54) is 4.90 Å². The van der Waals surface area contributed by atoms with Crippen LogP contribution in [0.5, 0.6) is 0 Å². The van der Waals surface area contributed by atoms with Crippen LogP contribution in [0.15, 0.2) is 23.3 Å². The number of nitrogens with zero attached hydrogens (tertiary/aromatic N) is 1. The second-order valence-electron chi connectivity index (χ2n) is 3.38. The fourth-order valence-electron chi connectivity index (χ4n) is 0.917. The van der Waals surface area contributed by atoms with Gasteiger partial charge in [-0.3, -0.25) is 0 Å². The maximum atomic E-state index is 10.7. The molecule has 3 nitrogen and oxygen atoms in total. The van der Waals surface area contributed by atoms with Crippen molar-refractivity contribution in [3.8, 4) is 0 Å². The highest BCUT2D eigenvalue weighted by Crippen LogP contribution is 2.12. The fourth-order valence-corrected chi connectivity index (χ4v) is 0.917. The maximum Gasteiger partial charge on any atom is 0.314 e. The predicted octanol–water partition coefficient (Wildman–Crippen LogP) is 1.91. The number of primary amides is 1. The van der Waals surface area contributed by atoms with Gasteiger partial charge in [0.25, 0.3) is 0 Å². The van der Waals surface area contributed by atoms with Gasteiger partial charge in [-0.25, -0.2) is 4.79 Å². The van der Waals surface area contributed by atoms with E-state index >= 15 is 0 Å². The monoisotopic (exact) mass is 182 g/mol. The molecule has 0 saturated heterocycles. The number of likely N-dealkylation sites (N-methyl/N-ethyl adjacent to an activating group) is 1. The molecule has 0 aliphatic carbocycles. The number of carbonyl (C=O) groups excluding carboxylic acids is 1. The Labute approximate surface area is 79.9 Å². The molecular formula is C10H18N2O. The molecule has 0 heterocycles. The van der Waals surface area contributed by atoms with Gasteiger partial charge >= 0.3 is 6.03 Å². The number of allylic oxidation sites excluding steroid dienone is 2. The Bertz CT molecular complexity index is 254. The van der Waals surface area contributed by atoms with Crippen LogP contribution < -0.4 is 5.73 Å². The zero-order chi connectivity index (χ0) is 10.6. The third-order valence-corrected chi connectivity index (χ3v) is 2.13. The molecule has 0 aromatic heterocycles. The van der Waals surface area contributed by atoms with E-state index < -0.39 is 6.03 Å². The lowest BCUT2D eigenvalue weighted by Gasteiger charge is -2.16. The number of hydrogen-bond donors (Lipinski definition) is 1. The minimum Gasteiger partial charge on any atom is -0.351 e. The summed E-state index contributed by atoms with van der Waals surface area (Å²) in [6.45, 7) is 10.3.